The summed E-state index contributed by atoms with van der Waals surface area (Å²) >= 11 is 0. The zero-order valence-corrected chi connectivity index (χ0v) is 4.35. The van der Waals surface area contributed by atoms with Crippen molar-refractivity contribution >= 4 is 10.0 Å². The fraction of sp³-hybridized carbons (Fsp3) is 1.00. The van der Waals surface area contributed by atoms with E-state index in [-0.39, 0.29) is 0 Å². The van der Waals surface area contributed by atoms with Gasteiger partial charge in [0.1, 0.15) is 0 Å². The third kappa shape index (κ3) is 2.52. The van der Waals surface area contributed by atoms with Gasteiger partial charge in [0.15, 0.2) is 5.50 Å². The quantitative estimate of drug-likeness (QED) is 0.335. The molecule has 0 radical (unpaired) electrons. The Morgan fingerprint density at radius 2 is 1.43 bits per heavy atom. The van der Waals surface area contributed by atoms with Gasteiger partial charge in [-0.2, -0.15) is 0 Å². The minimum absolute atomic E-state index is 1.45. The van der Waals surface area contributed by atoms with Crippen molar-refractivity contribution < 1.29 is 8.42 Å². The van der Waals surface area contributed by atoms with Gasteiger partial charge in [0.25, 0.3) is 0 Å². The highest BCUT2D eigenvalue weighted by atomic mass is 32.2. The van der Waals surface area contributed by atoms with Crippen molar-refractivity contribution in [2.75, 3.05) is 0 Å². The maximum Gasteiger partial charge on any atom is 0.238 e. The van der Waals surface area contributed by atoms with Crippen LogP contribution in [0.2, 0.25) is 0 Å². The average molecular weight is 125 g/mol. The number of primary sulfonamides is 1. The Morgan fingerprint density at radius 3 is 1.43 bits per heavy atom. The standard InChI is InChI=1S/CH7N3O2S/c2-1(3)7(4,5)6/h1H,2-3H2,(H2,4,5,6). The van der Waals surface area contributed by atoms with Gasteiger partial charge in [-0.3, -0.25) is 0 Å². The van der Waals surface area contributed by atoms with Crippen LogP contribution in [0.1, 0.15) is 0 Å². The lowest BCUT2D eigenvalue weighted by molar-refractivity contribution is 0.584. The van der Waals surface area contributed by atoms with Gasteiger partial charge in [0, 0.05) is 0 Å². The van der Waals surface area contributed by atoms with Crippen LogP contribution in [0, 0.1) is 0 Å². The van der Waals surface area contributed by atoms with Crippen molar-refractivity contribution in [1.82, 2.24) is 0 Å². The van der Waals surface area contributed by atoms with Gasteiger partial charge in [-0.1, -0.05) is 0 Å². The van der Waals surface area contributed by atoms with Gasteiger partial charge in [0.2, 0.25) is 10.0 Å². The smallest absolute Gasteiger partial charge is 0.238 e. The number of rotatable bonds is 1. The van der Waals surface area contributed by atoms with Gasteiger partial charge in [0.05, 0.1) is 0 Å². The van der Waals surface area contributed by atoms with Crippen molar-refractivity contribution in [2.24, 2.45) is 16.6 Å². The van der Waals surface area contributed by atoms with Crippen LogP contribution in [0.15, 0.2) is 0 Å². The molecule has 5 nitrogen and oxygen atoms in total. The van der Waals surface area contributed by atoms with E-state index >= 15 is 0 Å². The predicted octanol–water partition coefficient (Wildman–Crippen LogP) is -2.52. The molecule has 0 saturated carbocycles. The van der Waals surface area contributed by atoms with Crippen LogP contribution < -0.4 is 16.6 Å². The van der Waals surface area contributed by atoms with E-state index in [1.807, 2.05) is 0 Å². The van der Waals surface area contributed by atoms with E-state index in [1.165, 1.54) is 0 Å². The van der Waals surface area contributed by atoms with E-state index in [1.54, 1.807) is 0 Å². The van der Waals surface area contributed by atoms with Gasteiger partial charge in [-0.05, 0) is 0 Å². The first-order chi connectivity index (χ1) is 2.94. The largest absolute Gasteiger partial charge is 0.302 e. The van der Waals surface area contributed by atoms with E-state index in [9.17, 15) is 8.42 Å². The number of nitrogens with two attached hydrogens (primary N) is 3. The minimum Gasteiger partial charge on any atom is -0.302 e. The van der Waals surface area contributed by atoms with Crippen LogP contribution >= 0.6 is 0 Å². The molecule has 0 fully saturated rings. The molecule has 7 heavy (non-hydrogen) atoms. The average Bonchev–Trinajstić information content (AvgIpc) is 1.31. The van der Waals surface area contributed by atoms with Crippen LogP contribution in [-0.2, 0) is 10.0 Å². The molecule has 0 rings (SSSR count). The zero-order valence-electron chi connectivity index (χ0n) is 3.53. The van der Waals surface area contributed by atoms with E-state index in [0.29, 0.717) is 0 Å². The maximum atomic E-state index is 9.86. The van der Waals surface area contributed by atoms with Gasteiger partial charge >= 0.3 is 0 Å². The molecule has 44 valence electrons. The van der Waals surface area contributed by atoms with Crippen molar-refractivity contribution in [2.45, 2.75) is 5.50 Å². The van der Waals surface area contributed by atoms with Crippen LogP contribution in [0.3, 0.4) is 0 Å². The summed E-state index contributed by atoms with van der Waals surface area (Å²) in [6.45, 7) is 0. The molecular formula is CH7N3O2S. The third-order valence-electron chi connectivity index (χ3n) is 0.379. The van der Waals surface area contributed by atoms with Crippen molar-refractivity contribution in [3.8, 4) is 0 Å². The maximum absolute atomic E-state index is 9.86. The third-order valence-corrected chi connectivity index (χ3v) is 1.14. The summed E-state index contributed by atoms with van der Waals surface area (Å²) in [6.07, 6.45) is 0. The predicted molar refractivity (Wildman–Crippen MR) is 25.3 cm³/mol. The highest BCUT2D eigenvalue weighted by Crippen LogP contribution is 1.71. The van der Waals surface area contributed by atoms with Crippen LogP contribution in [0.4, 0.5) is 0 Å². The molecule has 0 aliphatic carbocycles. The molecule has 0 aromatic carbocycles. The molecule has 0 heterocycles. The molecule has 0 aromatic heterocycles. The summed E-state index contributed by atoms with van der Waals surface area (Å²) < 4.78 is 19.7. The molecule has 6 heteroatoms. The SMILES string of the molecule is NC(N)S(N)(=O)=O. The molecular weight excluding hydrogens is 118 g/mol. The van der Waals surface area contributed by atoms with Gasteiger partial charge < -0.3 is 11.5 Å². The lowest BCUT2D eigenvalue weighted by Crippen LogP contribution is -2.43. The highest BCUT2D eigenvalue weighted by Gasteiger charge is 2.07. The first kappa shape index (κ1) is 6.83. The molecule has 0 atom stereocenters. The summed E-state index contributed by atoms with van der Waals surface area (Å²) in [6, 6.07) is 0. The molecule has 0 aliphatic rings. The highest BCUT2D eigenvalue weighted by molar-refractivity contribution is 7.89. The second-order valence-electron chi connectivity index (χ2n) is 1.05. The topological polar surface area (TPSA) is 112 Å². The summed E-state index contributed by atoms with van der Waals surface area (Å²) in [5.41, 5.74) is 7.82. The molecule has 0 amide bonds. The molecule has 0 unspecified atom stereocenters. The van der Waals surface area contributed by atoms with E-state index in [0.717, 1.165) is 0 Å². The van der Waals surface area contributed by atoms with Crippen molar-refractivity contribution in [3.05, 3.63) is 0 Å². The van der Waals surface area contributed by atoms with Gasteiger partial charge in [-0.15, -0.1) is 0 Å². The number of hydrogen-bond donors (Lipinski definition) is 3. The van der Waals surface area contributed by atoms with Gasteiger partial charge in [-0.25, -0.2) is 13.6 Å². The summed E-state index contributed by atoms with van der Waals surface area (Å²) in [5.74, 6) is 0. The Balaban J connectivity index is 4.10. The van der Waals surface area contributed by atoms with Crippen LogP contribution in [0.5, 0.6) is 0 Å². The Bertz CT molecular complexity index is 135. The first-order valence-corrected chi connectivity index (χ1v) is 3.08. The normalized spacial score (nSPS) is 12.6. The molecule has 0 bridgehead atoms. The Morgan fingerprint density at radius 1 is 1.29 bits per heavy atom. The Hall–Kier alpha value is -0.170. The summed E-state index contributed by atoms with van der Waals surface area (Å²) in [5, 5.41) is 4.40. The summed E-state index contributed by atoms with van der Waals surface area (Å²) in [7, 11) is -3.69. The van der Waals surface area contributed by atoms with Crippen LogP contribution in [-0.4, -0.2) is 13.9 Å². The van der Waals surface area contributed by atoms with Crippen LogP contribution in [0.25, 0.3) is 0 Å². The fourth-order valence-electron chi connectivity index (χ4n) is 0. The zero-order chi connectivity index (χ0) is 6.08. The second kappa shape index (κ2) is 1.74. The molecule has 0 spiro atoms. The second-order valence-corrected chi connectivity index (χ2v) is 2.78. The molecule has 0 aliphatic heterocycles. The minimum atomic E-state index is -3.69. The number of hydrogen-bond acceptors (Lipinski definition) is 4. The van der Waals surface area contributed by atoms with Crippen molar-refractivity contribution in [1.29, 1.82) is 0 Å². The lowest BCUT2D eigenvalue weighted by atomic mass is 11.2. The fourth-order valence-corrected chi connectivity index (χ4v) is 0. The Labute approximate surface area is 41.5 Å². The number of sulfonamides is 1. The van der Waals surface area contributed by atoms with E-state index in [4.69, 9.17) is 0 Å². The van der Waals surface area contributed by atoms with E-state index in [2.05, 4.69) is 16.6 Å². The molecule has 0 aromatic rings. The Kier molecular flexibility index (Phi) is 1.70. The summed E-state index contributed by atoms with van der Waals surface area (Å²) in [4.78, 5) is 0. The molecule has 0 saturated heterocycles. The van der Waals surface area contributed by atoms with Crippen molar-refractivity contribution in [3.63, 3.8) is 0 Å². The lowest BCUT2D eigenvalue weighted by Gasteiger charge is -1.97. The van der Waals surface area contributed by atoms with E-state index < -0.39 is 15.5 Å². The first-order valence-electron chi connectivity index (χ1n) is 1.47. The monoisotopic (exact) mass is 125 g/mol. The molecule has 6 N–H and O–H groups in total.